The molecule has 1 fully saturated rings. The van der Waals surface area contributed by atoms with Crippen LogP contribution in [-0.2, 0) is 4.74 Å². The molecule has 18 heavy (non-hydrogen) atoms. The molecule has 6 heteroatoms. The third kappa shape index (κ3) is 4.08. The summed E-state index contributed by atoms with van der Waals surface area (Å²) >= 11 is 0. The summed E-state index contributed by atoms with van der Waals surface area (Å²) in [4.78, 5) is 12.8. The molecule has 1 saturated heterocycles. The normalized spacial score (nSPS) is 28.1. The van der Waals surface area contributed by atoms with E-state index in [0.717, 1.165) is 4.90 Å². The highest BCUT2D eigenvalue weighted by Gasteiger charge is 2.48. The highest BCUT2D eigenvalue weighted by molar-refractivity contribution is 5.68. The second-order valence-electron chi connectivity index (χ2n) is 6.34. The third-order valence-corrected chi connectivity index (χ3v) is 2.71. The summed E-state index contributed by atoms with van der Waals surface area (Å²) in [5.41, 5.74) is -1.71. The predicted octanol–water partition coefficient (Wildman–Crippen LogP) is 2.26. The van der Waals surface area contributed by atoms with Gasteiger partial charge in [-0.05, 0) is 20.8 Å². The zero-order chi connectivity index (χ0) is 14.2. The van der Waals surface area contributed by atoms with Gasteiger partial charge in [0.25, 0.3) is 5.92 Å². The van der Waals surface area contributed by atoms with Crippen molar-refractivity contribution in [1.29, 1.82) is 0 Å². The molecule has 0 aliphatic carbocycles. The van der Waals surface area contributed by atoms with Gasteiger partial charge in [0.05, 0.1) is 13.2 Å². The highest BCUT2D eigenvalue weighted by atomic mass is 19.3. The van der Waals surface area contributed by atoms with Gasteiger partial charge in [0, 0.05) is 18.4 Å². The van der Waals surface area contributed by atoms with Crippen LogP contribution in [0.2, 0.25) is 0 Å². The molecule has 0 bridgehead atoms. The van der Waals surface area contributed by atoms with Crippen LogP contribution in [0.15, 0.2) is 0 Å². The first kappa shape index (κ1) is 15.1. The molecule has 0 spiro atoms. The maximum Gasteiger partial charge on any atom is 0.410 e. The Hall–Kier alpha value is -0.910. The number of aliphatic hydroxyl groups excluding tert-OH is 1. The fourth-order valence-corrected chi connectivity index (χ4v) is 2.09. The van der Waals surface area contributed by atoms with E-state index in [1.54, 1.807) is 20.8 Å². The van der Waals surface area contributed by atoms with E-state index in [1.807, 2.05) is 0 Å². The molecule has 1 aliphatic heterocycles. The van der Waals surface area contributed by atoms with Crippen molar-refractivity contribution in [3.05, 3.63) is 0 Å². The number of piperidine rings is 1. The molecule has 0 aromatic heterocycles. The fourth-order valence-electron chi connectivity index (χ4n) is 2.09. The number of hydrogen-bond donors (Lipinski definition) is 1. The summed E-state index contributed by atoms with van der Waals surface area (Å²) in [6, 6.07) is 0. The van der Waals surface area contributed by atoms with Crippen molar-refractivity contribution in [3.8, 4) is 0 Å². The van der Waals surface area contributed by atoms with Gasteiger partial charge in [-0.1, -0.05) is 6.92 Å². The number of carbonyl (C=O) groups excluding carboxylic acids is 1. The highest BCUT2D eigenvalue weighted by Crippen LogP contribution is 2.38. The molecule has 4 nitrogen and oxygen atoms in total. The van der Waals surface area contributed by atoms with Crippen LogP contribution < -0.4 is 0 Å². The number of ether oxygens (including phenoxy) is 1. The monoisotopic (exact) mass is 265 g/mol. The van der Waals surface area contributed by atoms with E-state index in [-0.39, 0.29) is 13.2 Å². The topological polar surface area (TPSA) is 49.8 Å². The van der Waals surface area contributed by atoms with Crippen molar-refractivity contribution in [3.63, 3.8) is 0 Å². The van der Waals surface area contributed by atoms with Crippen molar-refractivity contribution in [2.24, 2.45) is 5.41 Å². The van der Waals surface area contributed by atoms with E-state index < -0.39 is 36.0 Å². The van der Waals surface area contributed by atoms with Gasteiger partial charge in [0.15, 0.2) is 0 Å². The molecule has 1 N–H and O–H groups in total. The van der Waals surface area contributed by atoms with Crippen LogP contribution in [-0.4, -0.2) is 47.3 Å². The minimum absolute atomic E-state index is 0.0774. The van der Waals surface area contributed by atoms with Crippen molar-refractivity contribution in [2.75, 3.05) is 19.7 Å². The van der Waals surface area contributed by atoms with Crippen LogP contribution in [0.4, 0.5) is 13.6 Å². The number of carbonyl (C=O) groups is 1. The largest absolute Gasteiger partial charge is 0.444 e. The summed E-state index contributed by atoms with van der Waals surface area (Å²) < 4.78 is 32.2. The number of alkyl halides is 2. The quantitative estimate of drug-likeness (QED) is 0.791. The van der Waals surface area contributed by atoms with Crippen LogP contribution in [0.3, 0.4) is 0 Å². The number of amides is 1. The van der Waals surface area contributed by atoms with E-state index in [4.69, 9.17) is 4.74 Å². The van der Waals surface area contributed by atoms with Gasteiger partial charge in [0.1, 0.15) is 5.60 Å². The molecular formula is C12H21F2NO3. The fraction of sp³-hybridized carbons (Fsp3) is 0.917. The molecule has 1 heterocycles. The molecular weight excluding hydrogens is 244 g/mol. The van der Waals surface area contributed by atoms with Crippen LogP contribution in [0.25, 0.3) is 0 Å². The van der Waals surface area contributed by atoms with Gasteiger partial charge in [0.2, 0.25) is 0 Å². The molecule has 0 radical (unpaired) electrons. The van der Waals surface area contributed by atoms with Gasteiger partial charge in [-0.25, -0.2) is 13.6 Å². The Morgan fingerprint density at radius 3 is 2.39 bits per heavy atom. The van der Waals surface area contributed by atoms with E-state index in [0.29, 0.717) is 0 Å². The summed E-state index contributed by atoms with van der Waals surface area (Å²) in [7, 11) is 0. The van der Waals surface area contributed by atoms with Crippen molar-refractivity contribution in [2.45, 2.75) is 45.6 Å². The summed E-state index contributed by atoms with van der Waals surface area (Å²) in [6.45, 7) is 5.61. The molecule has 0 saturated carbocycles. The van der Waals surface area contributed by atoms with E-state index in [9.17, 15) is 18.7 Å². The number of hydrogen-bond acceptors (Lipinski definition) is 3. The van der Waals surface area contributed by atoms with Crippen LogP contribution in [0, 0.1) is 5.41 Å². The van der Waals surface area contributed by atoms with E-state index >= 15 is 0 Å². The Morgan fingerprint density at radius 2 is 1.94 bits per heavy atom. The zero-order valence-electron chi connectivity index (χ0n) is 11.3. The molecule has 1 amide bonds. The first-order chi connectivity index (χ1) is 7.96. The van der Waals surface area contributed by atoms with Crippen LogP contribution in [0.1, 0.15) is 34.1 Å². The number of halogens is 2. The Kier molecular flexibility index (Phi) is 3.91. The lowest BCUT2D eigenvalue weighted by molar-refractivity contribution is -0.120. The lowest BCUT2D eigenvalue weighted by atomic mass is 9.81. The molecule has 0 aromatic rings. The van der Waals surface area contributed by atoms with Crippen LogP contribution >= 0.6 is 0 Å². The average molecular weight is 265 g/mol. The Bertz CT molecular complexity index is 328. The summed E-state index contributed by atoms with van der Waals surface area (Å²) in [6.07, 6.45) is -1.18. The number of rotatable bonds is 1. The second kappa shape index (κ2) is 4.64. The second-order valence-corrected chi connectivity index (χ2v) is 6.34. The van der Waals surface area contributed by atoms with Crippen molar-refractivity contribution < 1.29 is 23.4 Å². The maximum atomic E-state index is 13.6. The predicted molar refractivity (Wildman–Crippen MR) is 62.6 cm³/mol. The smallest absolute Gasteiger partial charge is 0.410 e. The van der Waals surface area contributed by atoms with Gasteiger partial charge in [-0.3, -0.25) is 0 Å². The van der Waals surface area contributed by atoms with Gasteiger partial charge < -0.3 is 14.7 Å². The summed E-state index contributed by atoms with van der Waals surface area (Å²) in [5.74, 6) is -2.99. The molecule has 0 unspecified atom stereocenters. The minimum atomic E-state index is -2.99. The van der Waals surface area contributed by atoms with Crippen molar-refractivity contribution >= 4 is 6.09 Å². The van der Waals surface area contributed by atoms with Crippen molar-refractivity contribution in [1.82, 2.24) is 4.90 Å². The third-order valence-electron chi connectivity index (χ3n) is 2.71. The van der Waals surface area contributed by atoms with E-state index in [2.05, 4.69) is 0 Å². The van der Waals surface area contributed by atoms with Gasteiger partial charge in [-0.2, -0.15) is 0 Å². The molecule has 1 aliphatic rings. The molecule has 1 atom stereocenters. The molecule has 0 aromatic carbocycles. The Balaban J connectivity index is 2.80. The molecule has 106 valence electrons. The summed E-state index contributed by atoms with van der Waals surface area (Å²) in [5, 5.41) is 9.20. The first-order valence-corrected chi connectivity index (χ1v) is 5.93. The Morgan fingerprint density at radius 1 is 1.39 bits per heavy atom. The first-order valence-electron chi connectivity index (χ1n) is 5.93. The lowest BCUT2D eigenvalue weighted by Crippen LogP contribution is -2.55. The SMILES string of the molecule is CC(C)(C)OC(=O)N1CC(F)(F)C[C@](C)(CO)C1. The average Bonchev–Trinajstić information content (AvgIpc) is 2.12. The van der Waals surface area contributed by atoms with Gasteiger partial charge in [-0.15, -0.1) is 0 Å². The standard InChI is InChI=1S/C12H21F2NO3/c1-10(2,3)18-9(17)15-6-11(4,8-16)5-12(13,14)7-15/h16H,5-8H2,1-4H3/t11-/m0/s1. The molecule has 1 rings (SSSR count). The van der Waals surface area contributed by atoms with E-state index in [1.165, 1.54) is 6.92 Å². The number of likely N-dealkylation sites (tertiary alicyclic amines) is 1. The zero-order valence-corrected chi connectivity index (χ0v) is 11.3. The number of aliphatic hydroxyl groups is 1. The van der Waals surface area contributed by atoms with Crippen LogP contribution in [0.5, 0.6) is 0 Å². The van der Waals surface area contributed by atoms with Gasteiger partial charge >= 0.3 is 6.09 Å². The minimum Gasteiger partial charge on any atom is -0.444 e. The number of nitrogens with zero attached hydrogens (tertiary/aromatic N) is 1. The maximum absolute atomic E-state index is 13.6. The lowest BCUT2D eigenvalue weighted by Gasteiger charge is -2.43. The Labute approximate surface area is 106 Å².